The van der Waals surface area contributed by atoms with Crippen LogP contribution in [0.4, 0.5) is 5.95 Å². The molecule has 1 saturated heterocycles. The van der Waals surface area contributed by atoms with Crippen molar-refractivity contribution in [2.75, 3.05) is 18.0 Å². The van der Waals surface area contributed by atoms with Gasteiger partial charge in [-0.05, 0) is 24.6 Å². The topological polar surface area (TPSA) is 41.2 Å². The van der Waals surface area contributed by atoms with Gasteiger partial charge in [0.2, 0.25) is 5.95 Å². The molecular formula is C18H19N3O. The molecule has 3 aromatic rings. The molecule has 1 N–H and O–H groups in total. The Bertz CT molecular complexity index is 735. The van der Waals surface area contributed by atoms with Gasteiger partial charge in [-0.2, -0.15) is 0 Å². The van der Waals surface area contributed by atoms with Gasteiger partial charge in [0.15, 0.2) is 0 Å². The number of nitrogens with zero attached hydrogens (tertiary/aromatic N) is 2. The average Bonchev–Trinajstić information content (AvgIpc) is 2.99. The minimum Gasteiger partial charge on any atom is -0.367 e. The third kappa shape index (κ3) is 2.46. The summed E-state index contributed by atoms with van der Waals surface area (Å²) in [5.41, 5.74) is 3.30. The first-order valence-electron chi connectivity index (χ1n) is 7.70. The first kappa shape index (κ1) is 13.3. The molecule has 2 unspecified atom stereocenters. The highest BCUT2D eigenvalue weighted by atomic mass is 16.5. The van der Waals surface area contributed by atoms with Crippen molar-refractivity contribution >= 4 is 17.0 Å². The largest absolute Gasteiger partial charge is 0.367 e. The number of hydrogen-bond donors (Lipinski definition) is 1. The molecule has 1 fully saturated rings. The third-order valence-electron chi connectivity index (χ3n) is 4.11. The zero-order chi connectivity index (χ0) is 14.9. The predicted octanol–water partition coefficient (Wildman–Crippen LogP) is 3.53. The van der Waals surface area contributed by atoms with Crippen LogP contribution in [0.25, 0.3) is 11.0 Å². The van der Waals surface area contributed by atoms with E-state index < -0.39 is 0 Å². The van der Waals surface area contributed by atoms with Crippen LogP contribution in [0.1, 0.15) is 18.6 Å². The molecule has 0 spiro atoms. The number of anilines is 1. The highest BCUT2D eigenvalue weighted by Crippen LogP contribution is 2.28. The van der Waals surface area contributed by atoms with Crippen molar-refractivity contribution < 1.29 is 4.74 Å². The average molecular weight is 293 g/mol. The number of aromatic amines is 1. The number of fused-ring (bicyclic) bond motifs is 1. The third-order valence-corrected chi connectivity index (χ3v) is 4.11. The van der Waals surface area contributed by atoms with E-state index in [4.69, 9.17) is 9.72 Å². The lowest BCUT2D eigenvalue weighted by atomic mass is 10.1. The molecule has 4 heteroatoms. The summed E-state index contributed by atoms with van der Waals surface area (Å²) >= 11 is 0. The van der Waals surface area contributed by atoms with Gasteiger partial charge < -0.3 is 14.6 Å². The van der Waals surface area contributed by atoms with Gasteiger partial charge in [-0.3, -0.25) is 0 Å². The number of aromatic nitrogens is 2. The Morgan fingerprint density at radius 1 is 1.05 bits per heavy atom. The first-order chi connectivity index (χ1) is 10.8. The molecule has 0 bridgehead atoms. The summed E-state index contributed by atoms with van der Waals surface area (Å²) in [4.78, 5) is 10.4. The minimum atomic E-state index is 0.0816. The van der Waals surface area contributed by atoms with Crippen molar-refractivity contribution in [1.29, 1.82) is 0 Å². The molecular weight excluding hydrogens is 274 g/mol. The van der Waals surface area contributed by atoms with Gasteiger partial charge in [0.25, 0.3) is 0 Å². The molecule has 112 valence electrons. The van der Waals surface area contributed by atoms with Crippen molar-refractivity contribution in [3.8, 4) is 0 Å². The summed E-state index contributed by atoms with van der Waals surface area (Å²) in [5.74, 6) is 0.928. The van der Waals surface area contributed by atoms with Crippen LogP contribution in [0.15, 0.2) is 54.6 Å². The zero-order valence-corrected chi connectivity index (χ0v) is 12.6. The quantitative estimate of drug-likeness (QED) is 0.786. The van der Waals surface area contributed by atoms with E-state index in [0.29, 0.717) is 0 Å². The monoisotopic (exact) mass is 293 g/mol. The van der Waals surface area contributed by atoms with Crippen molar-refractivity contribution in [3.05, 3.63) is 60.2 Å². The SMILES string of the molecule is CC1CN(c2nc3ccccc3[nH]2)CC(c2ccccc2)O1. The minimum absolute atomic E-state index is 0.0816. The van der Waals surface area contributed by atoms with Crippen LogP contribution in [0, 0.1) is 0 Å². The van der Waals surface area contributed by atoms with Gasteiger partial charge in [0, 0.05) is 6.54 Å². The maximum Gasteiger partial charge on any atom is 0.204 e. The van der Waals surface area contributed by atoms with Crippen LogP contribution >= 0.6 is 0 Å². The molecule has 2 aromatic carbocycles. The molecule has 1 aliphatic rings. The van der Waals surface area contributed by atoms with Crippen molar-refractivity contribution in [2.24, 2.45) is 0 Å². The van der Waals surface area contributed by atoms with Gasteiger partial charge in [-0.25, -0.2) is 4.98 Å². The number of rotatable bonds is 2. The fraction of sp³-hybridized carbons (Fsp3) is 0.278. The van der Waals surface area contributed by atoms with E-state index in [9.17, 15) is 0 Å². The Morgan fingerprint density at radius 3 is 2.64 bits per heavy atom. The Kier molecular flexibility index (Phi) is 3.31. The maximum absolute atomic E-state index is 6.11. The van der Waals surface area contributed by atoms with E-state index >= 15 is 0 Å². The molecule has 4 nitrogen and oxygen atoms in total. The summed E-state index contributed by atoms with van der Waals surface area (Å²) in [5, 5.41) is 0. The molecule has 0 aliphatic carbocycles. The van der Waals surface area contributed by atoms with Crippen LogP contribution in [0.3, 0.4) is 0 Å². The summed E-state index contributed by atoms with van der Waals surface area (Å²) in [6.45, 7) is 3.78. The van der Waals surface area contributed by atoms with Gasteiger partial charge >= 0.3 is 0 Å². The highest BCUT2D eigenvalue weighted by Gasteiger charge is 2.28. The van der Waals surface area contributed by atoms with E-state index in [0.717, 1.165) is 30.1 Å². The summed E-state index contributed by atoms with van der Waals surface area (Å²) in [7, 11) is 0. The van der Waals surface area contributed by atoms with Crippen LogP contribution in [0.2, 0.25) is 0 Å². The number of H-pyrrole nitrogens is 1. The second kappa shape index (κ2) is 5.46. The van der Waals surface area contributed by atoms with Crippen LogP contribution < -0.4 is 4.90 Å². The van der Waals surface area contributed by atoms with Crippen molar-refractivity contribution in [3.63, 3.8) is 0 Å². The van der Waals surface area contributed by atoms with E-state index in [2.05, 4.69) is 47.1 Å². The lowest BCUT2D eigenvalue weighted by Gasteiger charge is -2.36. The molecule has 0 saturated carbocycles. The summed E-state index contributed by atoms with van der Waals surface area (Å²) in [6, 6.07) is 18.5. The van der Waals surface area contributed by atoms with Crippen molar-refractivity contribution in [1.82, 2.24) is 9.97 Å². The Hall–Kier alpha value is -2.33. The van der Waals surface area contributed by atoms with Crippen molar-refractivity contribution in [2.45, 2.75) is 19.1 Å². The van der Waals surface area contributed by atoms with E-state index in [1.54, 1.807) is 0 Å². The molecule has 2 heterocycles. The lowest BCUT2D eigenvalue weighted by molar-refractivity contribution is -0.0178. The van der Waals surface area contributed by atoms with E-state index in [-0.39, 0.29) is 12.2 Å². The van der Waals surface area contributed by atoms with Crippen LogP contribution in [0.5, 0.6) is 0 Å². The van der Waals surface area contributed by atoms with Gasteiger partial charge in [0.05, 0.1) is 23.7 Å². The fourth-order valence-electron chi connectivity index (χ4n) is 3.07. The molecule has 0 amide bonds. The Morgan fingerprint density at radius 2 is 1.82 bits per heavy atom. The Balaban J connectivity index is 1.63. The molecule has 1 aliphatic heterocycles. The molecule has 22 heavy (non-hydrogen) atoms. The fourth-order valence-corrected chi connectivity index (χ4v) is 3.07. The number of hydrogen-bond acceptors (Lipinski definition) is 3. The van der Waals surface area contributed by atoms with Gasteiger partial charge in [0.1, 0.15) is 6.10 Å². The number of ether oxygens (including phenoxy) is 1. The number of morpholine rings is 1. The summed E-state index contributed by atoms with van der Waals surface area (Å²) in [6.07, 6.45) is 0.255. The molecule has 0 radical (unpaired) electrons. The van der Waals surface area contributed by atoms with Crippen LogP contribution in [-0.4, -0.2) is 29.2 Å². The molecule has 1 aromatic heterocycles. The van der Waals surface area contributed by atoms with Gasteiger partial charge in [-0.1, -0.05) is 42.5 Å². The second-order valence-electron chi connectivity index (χ2n) is 5.83. The van der Waals surface area contributed by atoms with Gasteiger partial charge in [-0.15, -0.1) is 0 Å². The smallest absolute Gasteiger partial charge is 0.204 e. The Labute approximate surface area is 129 Å². The predicted molar refractivity (Wildman–Crippen MR) is 88.0 cm³/mol. The normalized spacial score (nSPS) is 22.1. The number of nitrogens with one attached hydrogen (secondary N) is 1. The standard InChI is InChI=1S/C18H19N3O/c1-13-11-21(12-17(22-13)14-7-3-2-4-8-14)18-19-15-9-5-6-10-16(15)20-18/h2-10,13,17H,11-12H2,1H3,(H,19,20). The first-order valence-corrected chi connectivity index (χ1v) is 7.70. The summed E-state index contributed by atoms with van der Waals surface area (Å²) < 4.78 is 6.11. The zero-order valence-electron chi connectivity index (χ0n) is 12.6. The number of para-hydroxylation sites is 2. The number of benzene rings is 2. The number of imidazole rings is 1. The second-order valence-corrected chi connectivity index (χ2v) is 5.83. The maximum atomic E-state index is 6.11. The lowest BCUT2D eigenvalue weighted by Crippen LogP contribution is -2.43. The van der Waals surface area contributed by atoms with E-state index in [1.165, 1.54) is 5.56 Å². The van der Waals surface area contributed by atoms with E-state index in [1.807, 2.05) is 24.3 Å². The highest BCUT2D eigenvalue weighted by molar-refractivity contribution is 5.77. The molecule has 4 rings (SSSR count). The van der Waals surface area contributed by atoms with Crippen LogP contribution in [-0.2, 0) is 4.74 Å². The molecule has 2 atom stereocenters.